The van der Waals surface area contributed by atoms with Crippen molar-refractivity contribution >= 4 is 31.5 Å². The molecule has 0 aliphatic carbocycles. The van der Waals surface area contributed by atoms with Gasteiger partial charge in [0.25, 0.3) is 0 Å². The van der Waals surface area contributed by atoms with Crippen molar-refractivity contribution in [2.45, 2.75) is 28.7 Å². The van der Waals surface area contributed by atoms with Crippen LogP contribution in [-0.4, -0.2) is 47.8 Å². The molecule has 0 aromatic heterocycles. The molecular formula is C19H22N2O6S2. The highest BCUT2D eigenvalue weighted by atomic mass is 32.2. The molecule has 0 radical (unpaired) electrons. The Bertz CT molecular complexity index is 1050. The van der Waals surface area contributed by atoms with Crippen molar-refractivity contribution in [3.05, 3.63) is 54.6 Å². The highest BCUT2D eigenvalue weighted by Crippen LogP contribution is 2.16. The van der Waals surface area contributed by atoms with Gasteiger partial charge in [-0.25, -0.2) is 21.6 Å². The first-order valence-corrected chi connectivity index (χ1v) is 12.2. The van der Waals surface area contributed by atoms with E-state index in [0.717, 1.165) is 12.8 Å². The zero-order valence-electron chi connectivity index (χ0n) is 15.6. The molecule has 1 amide bonds. The molecule has 0 spiro atoms. The summed E-state index contributed by atoms with van der Waals surface area (Å²) in [4.78, 5) is 12.2. The minimum atomic E-state index is -3.76. The molecular weight excluding hydrogens is 416 g/mol. The summed E-state index contributed by atoms with van der Waals surface area (Å²) in [6.07, 6.45) is 1.62. The quantitative estimate of drug-likeness (QED) is 0.646. The van der Waals surface area contributed by atoms with Crippen molar-refractivity contribution < 1.29 is 26.4 Å². The Kier molecular flexibility index (Phi) is 6.68. The third-order valence-electron chi connectivity index (χ3n) is 4.40. The summed E-state index contributed by atoms with van der Waals surface area (Å²) in [5, 5.41) is 2.47. The van der Waals surface area contributed by atoms with Gasteiger partial charge in [-0.2, -0.15) is 0 Å². The molecule has 0 saturated carbocycles. The van der Waals surface area contributed by atoms with Crippen molar-refractivity contribution in [3.8, 4) is 0 Å². The number of sulfone groups is 1. The third-order valence-corrected chi connectivity index (χ3v) is 7.47. The van der Waals surface area contributed by atoms with Gasteiger partial charge in [0.2, 0.25) is 15.9 Å². The summed E-state index contributed by atoms with van der Waals surface area (Å²) < 4.78 is 57.1. The number of anilines is 1. The highest BCUT2D eigenvalue weighted by molar-refractivity contribution is 7.92. The molecule has 1 atom stereocenters. The number of hydrogen-bond donors (Lipinski definition) is 2. The van der Waals surface area contributed by atoms with Crippen molar-refractivity contribution in [1.29, 1.82) is 0 Å². The van der Waals surface area contributed by atoms with Crippen molar-refractivity contribution in [3.63, 3.8) is 0 Å². The standard InChI is InChI=1S/C19H22N2O6S2/c22-19(14-28(23,24)17-6-2-1-3-7-17)21-15-8-10-18(11-9-15)29(25,26)20-13-16-5-4-12-27-16/h1-3,6-11,16,20H,4-5,12-14H2,(H,21,22). The molecule has 8 nitrogen and oxygen atoms in total. The van der Waals surface area contributed by atoms with E-state index in [2.05, 4.69) is 10.0 Å². The van der Waals surface area contributed by atoms with E-state index in [9.17, 15) is 21.6 Å². The molecule has 0 bridgehead atoms. The zero-order chi connectivity index (χ0) is 20.9. The molecule has 29 heavy (non-hydrogen) atoms. The fourth-order valence-corrected chi connectivity index (χ4v) is 5.11. The van der Waals surface area contributed by atoms with Crippen molar-refractivity contribution in [1.82, 2.24) is 4.72 Å². The SMILES string of the molecule is O=C(CS(=O)(=O)c1ccccc1)Nc1ccc(S(=O)(=O)NCC2CCCO2)cc1. The lowest BCUT2D eigenvalue weighted by Gasteiger charge is -2.12. The van der Waals surface area contributed by atoms with Gasteiger partial charge in [0, 0.05) is 18.8 Å². The summed E-state index contributed by atoms with van der Waals surface area (Å²) in [6.45, 7) is 0.846. The Hall–Kier alpha value is -2.27. The molecule has 1 unspecified atom stereocenters. The van der Waals surface area contributed by atoms with E-state index in [1.165, 1.54) is 36.4 Å². The summed E-state index contributed by atoms with van der Waals surface area (Å²) in [7, 11) is -7.45. The van der Waals surface area contributed by atoms with Gasteiger partial charge in [-0.3, -0.25) is 4.79 Å². The van der Waals surface area contributed by atoms with Crippen LogP contribution in [0.4, 0.5) is 5.69 Å². The number of benzene rings is 2. The van der Waals surface area contributed by atoms with E-state index < -0.39 is 31.5 Å². The first-order valence-electron chi connectivity index (χ1n) is 9.05. The van der Waals surface area contributed by atoms with E-state index in [1.54, 1.807) is 18.2 Å². The van der Waals surface area contributed by atoms with Gasteiger partial charge in [0.05, 0.1) is 15.9 Å². The summed E-state index contributed by atoms with van der Waals surface area (Å²) >= 11 is 0. The lowest BCUT2D eigenvalue weighted by atomic mass is 10.2. The predicted molar refractivity (Wildman–Crippen MR) is 108 cm³/mol. The molecule has 3 rings (SSSR count). The van der Waals surface area contributed by atoms with Crippen LogP contribution in [0.2, 0.25) is 0 Å². The fraction of sp³-hybridized carbons (Fsp3) is 0.316. The maximum absolute atomic E-state index is 12.3. The zero-order valence-corrected chi connectivity index (χ0v) is 17.2. The minimum Gasteiger partial charge on any atom is -0.377 e. The molecule has 1 heterocycles. The van der Waals surface area contributed by atoms with Crippen molar-refractivity contribution in [2.24, 2.45) is 0 Å². The van der Waals surface area contributed by atoms with E-state index in [1.807, 2.05) is 0 Å². The molecule has 1 fully saturated rings. The Morgan fingerprint density at radius 1 is 0.966 bits per heavy atom. The molecule has 1 aliphatic heterocycles. The maximum atomic E-state index is 12.3. The van der Waals surface area contributed by atoms with E-state index >= 15 is 0 Å². The van der Waals surface area contributed by atoms with Gasteiger partial charge >= 0.3 is 0 Å². The van der Waals surface area contributed by atoms with Crippen LogP contribution in [0.3, 0.4) is 0 Å². The molecule has 10 heteroatoms. The average Bonchev–Trinajstić information content (AvgIpc) is 3.21. The van der Waals surface area contributed by atoms with Crippen molar-refractivity contribution in [2.75, 3.05) is 24.2 Å². The number of carbonyl (C=O) groups excluding carboxylic acids is 1. The van der Waals surface area contributed by atoms with Crippen LogP contribution in [0.5, 0.6) is 0 Å². The summed E-state index contributed by atoms with van der Waals surface area (Å²) in [5.41, 5.74) is 0.302. The van der Waals surface area contributed by atoms with Gasteiger partial charge in [0.15, 0.2) is 9.84 Å². The van der Waals surface area contributed by atoms with Crippen LogP contribution in [0, 0.1) is 0 Å². The molecule has 1 saturated heterocycles. The first-order chi connectivity index (χ1) is 13.8. The van der Waals surface area contributed by atoms with Gasteiger partial charge in [0.1, 0.15) is 5.75 Å². The second-order valence-corrected chi connectivity index (χ2v) is 10.4. The smallest absolute Gasteiger partial charge is 0.240 e. The van der Waals surface area contributed by atoms with Crippen LogP contribution < -0.4 is 10.0 Å². The van der Waals surface area contributed by atoms with Gasteiger partial charge < -0.3 is 10.1 Å². The fourth-order valence-electron chi connectivity index (χ4n) is 2.89. The normalized spacial score (nSPS) is 17.2. The second-order valence-electron chi connectivity index (χ2n) is 6.63. The number of amides is 1. The highest BCUT2D eigenvalue weighted by Gasteiger charge is 2.21. The minimum absolute atomic E-state index is 0.0467. The Morgan fingerprint density at radius 2 is 1.66 bits per heavy atom. The van der Waals surface area contributed by atoms with Gasteiger partial charge in [-0.15, -0.1) is 0 Å². The first kappa shape index (κ1) is 21.4. The van der Waals surface area contributed by atoms with E-state index in [-0.39, 0.29) is 22.4 Å². The van der Waals surface area contributed by atoms with Gasteiger partial charge in [-0.1, -0.05) is 18.2 Å². The molecule has 2 aromatic rings. The van der Waals surface area contributed by atoms with E-state index in [0.29, 0.717) is 12.3 Å². The Morgan fingerprint density at radius 3 is 2.28 bits per heavy atom. The topological polar surface area (TPSA) is 119 Å². The van der Waals surface area contributed by atoms with Crippen LogP contribution in [-0.2, 0) is 29.4 Å². The lowest BCUT2D eigenvalue weighted by molar-refractivity contribution is -0.113. The molecule has 2 aromatic carbocycles. The number of nitrogens with one attached hydrogen (secondary N) is 2. The second kappa shape index (κ2) is 9.04. The van der Waals surface area contributed by atoms with E-state index in [4.69, 9.17) is 4.74 Å². The molecule has 1 aliphatic rings. The monoisotopic (exact) mass is 438 g/mol. The predicted octanol–water partition coefficient (Wildman–Crippen LogP) is 1.56. The Balaban J connectivity index is 1.59. The van der Waals surface area contributed by atoms with Crippen LogP contribution in [0.25, 0.3) is 0 Å². The largest absolute Gasteiger partial charge is 0.377 e. The number of ether oxygens (including phenoxy) is 1. The number of hydrogen-bond acceptors (Lipinski definition) is 6. The maximum Gasteiger partial charge on any atom is 0.240 e. The number of carbonyl (C=O) groups is 1. The molecule has 156 valence electrons. The van der Waals surface area contributed by atoms with Crippen LogP contribution >= 0.6 is 0 Å². The number of sulfonamides is 1. The molecule has 2 N–H and O–H groups in total. The summed E-state index contributed by atoms with van der Waals surface area (Å²) in [6, 6.07) is 13.2. The average molecular weight is 439 g/mol. The van der Waals surface area contributed by atoms with Gasteiger partial charge in [-0.05, 0) is 49.2 Å². The third kappa shape index (κ3) is 5.86. The Labute approximate surface area is 170 Å². The number of rotatable bonds is 8. The van der Waals surface area contributed by atoms with Crippen LogP contribution in [0.1, 0.15) is 12.8 Å². The summed E-state index contributed by atoms with van der Waals surface area (Å²) in [5.74, 6) is -1.42. The van der Waals surface area contributed by atoms with Crippen LogP contribution in [0.15, 0.2) is 64.4 Å². The lowest BCUT2D eigenvalue weighted by Crippen LogP contribution is -2.31.